The summed E-state index contributed by atoms with van der Waals surface area (Å²) >= 11 is 0. The number of esters is 2. The summed E-state index contributed by atoms with van der Waals surface area (Å²) in [5.74, 6) is -1.62. The van der Waals surface area contributed by atoms with Crippen molar-refractivity contribution in [2.75, 3.05) is 17.5 Å². The molecule has 2 aromatic carbocycles. The molecule has 1 aliphatic heterocycles. The molecule has 1 aliphatic rings. The quantitative estimate of drug-likeness (QED) is 0.455. The molecule has 2 aromatic rings. The number of rotatable bonds is 7. The molecule has 1 fully saturated rings. The van der Waals surface area contributed by atoms with Crippen LogP contribution in [0.5, 0.6) is 0 Å². The molecule has 11 heteroatoms. The van der Waals surface area contributed by atoms with E-state index in [9.17, 15) is 31.2 Å². The van der Waals surface area contributed by atoms with Crippen LogP contribution in [0.25, 0.3) is 0 Å². The van der Waals surface area contributed by atoms with Crippen LogP contribution in [0.1, 0.15) is 22.3 Å². The van der Waals surface area contributed by atoms with E-state index in [0.717, 1.165) is 22.5 Å². The van der Waals surface area contributed by atoms with Crippen LogP contribution in [0, 0.1) is 0 Å². The normalized spacial score (nSPS) is 16.3. The molecule has 0 amide bonds. The maximum absolute atomic E-state index is 13.2. The van der Waals surface area contributed by atoms with Gasteiger partial charge in [0.25, 0.3) is 10.0 Å². The summed E-state index contributed by atoms with van der Waals surface area (Å²) < 4.78 is 76.3. The molecule has 1 unspecified atom stereocenters. The smallest absolute Gasteiger partial charge is 0.416 e. The zero-order valence-electron chi connectivity index (χ0n) is 16.5. The summed E-state index contributed by atoms with van der Waals surface area (Å²) in [7, 11) is -4.38. The predicted molar refractivity (Wildman–Crippen MR) is 107 cm³/mol. The van der Waals surface area contributed by atoms with E-state index in [2.05, 4.69) is 6.58 Å². The number of ether oxygens (including phenoxy) is 2. The fraction of sp³-hybridized carbons (Fsp3) is 0.238. The van der Waals surface area contributed by atoms with Crippen LogP contribution in [0.2, 0.25) is 0 Å². The van der Waals surface area contributed by atoms with Crippen LogP contribution >= 0.6 is 0 Å². The van der Waals surface area contributed by atoms with Gasteiger partial charge in [-0.3, -0.25) is 4.31 Å². The Morgan fingerprint density at radius 1 is 1.22 bits per heavy atom. The minimum atomic E-state index is -4.66. The van der Waals surface area contributed by atoms with Crippen molar-refractivity contribution in [2.45, 2.75) is 23.6 Å². The number of anilines is 1. The Bertz CT molecular complexity index is 1150. The van der Waals surface area contributed by atoms with E-state index in [1.54, 1.807) is 0 Å². The SMILES string of the molecule is C=CCN(c1cccc(C(F)(F)F)c1)S(=O)(=O)c1cccc(C(=O)OC2CCOC2=O)c1. The maximum Gasteiger partial charge on any atom is 0.416 e. The Morgan fingerprint density at radius 2 is 1.94 bits per heavy atom. The minimum Gasteiger partial charge on any atom is -0.463 e. The van der Waals surface area contributed by atoms with Gasteiger partial charge in [0.2, 0.25) is 6.10 Å². The zero-order chi connectivity index (χ0) is 23.5. The average Bonchev–Trinajstić information content (AvgIpc) is 3.15. The van der Waals surface area contributed by atoms with Crippen LogP contribution in [-0.2, 0) is 30.5 Å². The number of halogens is 3. The van der Waals surface area contributed by atoms with E-state index in [1.807, 2.05) is 0 Å². The van der Waals surface area contributed by atoms with Gasteiger partial charge in [-0.05, 0) is 36.4 Å². The zero-order valence-corrected chi connectivity index (χ0v) is 17.4. The van der Waals surface area contributed by atoms with Crippen molar-refractivity contribution in [1.82, 2.24) is 0 Å². The predicted octanol–water partition coefficient (Wildman–Crippen LogP) is 3.56. The van der Waals surface area contributed by atoms with Gasteiger partial charge in [-0.1, -0.05) is 18.2 Å². The molecule has 0 radical (unpaired) electrons. The second-order valence-electron chi connectivity index (χ2n) is 6.75. The maximum atomic E-state index is 13.2. The average molecular weight is 469 g/mol. The van der Waals surface area contributed by atoms with Crippen LogP contribution in [-0.4, -0.2) is 39.6 Å². The van der Waals surface area contributed by atoms with Gasteiger partial charge in [0.15, 0.2) is 0 Å². The molecule has 3 rings (SSSR count). The third-order valence-corrected chi connectivity index (χ3v) is 6.34. The molecule has 0 bridgehead atoms. The fourth-order valence-electron chi connectivity index (χ4n) is 2.99. The molecule has 32 heavy (non-hydrogen) atoms. The molecule has 0 aromatic heterocycles. The van der Waals surface area contributed by atoms with Crippen molar-refractivity contribution in [1.29, 1.82) is 0 Å². The third kappa shape index (κ3) is 4.93. The number of nitrogens with zero attached hydrogens (tertiary/aromatic N) is 1. The lowest BCUT2D eigenvalue weighted by molar-refractivity contribution is -0.145. The van der Waals surface area contributed by atoms with Crippen molar-refractivity contribution in [3.8, 4) is 0 Å². The molecular formula is C21H18F3NO6S. The van der Waals surface area contributed by atoms with E-state index < -0.39 is 39.8 Å². The highest BCUT2D eigenvalue weighted by Gasteiger charge is 2.33. The molecule has 7 nitrogen and oxygen atoms in total. The Kier molecular flexibility index (Phi) is 6.58. The number of sulfonamides is 1. The van der Waals surface area contributed by atoms with Crippen molar-refractivity contribution in [3.63, 3.8) is 0 Å². The van der Waals surface area contributed by atoms with Gasteiger partial charge in [0, 0.05) is 6.42 Å². The number of hydrogen-bond donors (Lipinski definition) is 0. The number of alkyl halides is 3. The number of hydrogen-bond acceptors (Lipinski definition) is 6. The van der Waals surface area contributed by atoms with E-state index >= 15 is 0 Å². The van der Waals surface area contributed by atoms with Gasteiger partial charge >= 0.3 is 18.1 Å². The second-order valence-corrected chi connectivity index (χ2v) is 8.61. The first-order valence-corrected chi connectivity index (χ1v) is 10.8. The molecule has 1 atom stereocenters. The molecule has 0 spiro atoms. The first kappa shape index (κ1) is 23.3. The minimum absolute atomic E-state index is 0.110. The van der Waals surface area contributed by atoms with Crippen molar-refractivity contribution in [3.05, 3.63) is 72.3 Å². The van der Waals surface area contributed by atoms with Crippen LogP contribution in [0.4, 0.5) is 18.9 Å². The lowest BCUT2D eigenvalue weighted by Gasteiger charge is -2.24. The molecule has 0 N–H and O–H groups in total. The molecule has 170 valence electrons. The fourth-order valence-corrected chi connectivity index (χ4v) is 4.46. The summed E-state index contributed by atoms with van der Waals surface area (Å²) in [6, 6.07) is 8.66. The van der Waals surface area contributed by atoms with Crippen molar-refractivity contribution < 1.29 is 40.7 Å². The second kappa shape index (κ2) is 9.03. The standard InChI is InChI=1S/C21H18F3NO6S/c1-2-10-25(16-7-4-6-15(13-16)21(22,23)24)32(28,29)17-8-3-5-14(12-17)19(26)31-18-9-11-30-20(18)27/h2-8,12-13,18H,1,9-11H2. The number of cyclic esters (lactones) is 1. The van der Waals surface area contributed by atoms with Crippen LogP contribution in [0.15, 0.2) is 66.1 Å². The molecule has 1 saturated heterocycles. The topological polar surface area (TPSA) is 90.0 Å². The highest BCUT2D eigenvalue weighted by atomic mass is 32.2. The Balaban J connectivity index is 1.94. The summed E-state index contributed by atoms with van der Waals surface area (Å²) in [5.41, 5.74) is -1.38. The molecule has 0 aliphatic carbocycles. The van der Waals surface area contributed by atoms with Gasteiger partial charge in [-0.25, -0.2) is 18.0 Å². The van der Waals surface area contributed by atoms with E-state index in [-0.39, 0.29) is 35.7 Å². The van der Waals surface area contributed by atoms with E-state index in [4.69, 9.17) is 9.47 Å². The summed E-state index contributed by atoms with van der Waals surface area (Å²) in [6.07, 6.45) is -4.33. The Hall–Kier alpha value is -3.34. The molecule has 0 saturated carbocycles. The molecule has 1 heterocycles. The van der Waals surface area contributed by atoms with E-state index in [1.165, 1.54) is 30.3 Å². The van der Waals surface area contributed by atoms with Gasteiger partial charge in [0.05, 0.1) is 34.9 Å². The number of benzene rings is 2. The monoisotopic (exact) mass is 469 g/mol. The first-order valence-electron chi connectivity index (χ1n) is 9.32. The van der Waals surface area contributed by atoms with Gasteiger partial charge in [-0.15, -0.1) is 6.58 Å². The van der Waals surface area contributed by atoms with E-state index in [0.29, 0.717) is 6.07 Å². The highest BCUT2D eigenvalue weighted by molar-refractivity contribution is 7.92. The number of carbonyl (C=O) groups excluding carboxylic acids is 2. The van der Waals surface area contributed by atoms with Gasteiger partial charge < -0.3 is 9.47 Å². The Labute approximate surface area is 182 Å². The van der Waals surface area contributed by atoms with Crippen molar-refractivity contribution in [2.24, 2.45) is 0 Å². The number of carbonyl (C=O) groups is 2. The summed E-state index contributed by atoms with van der Waals surface area (Å²) in [6.45, 7) is 3.26. The Morgan fingerprint density at radius 3 is 2.56 bits per heavy atom. The van der Waals surface area contributed by atoms with Crippen LogP contribution < -0.4 is 4.31 Å². The van der Waals surface area contributed by atoms with Crippen molar-refractivity contribution >= 4 is 27.6 Å². The largest absolute Gasteiger partial charge is 0.463 e. The molecular weight excluding hydrogens is 451 g/mol. The summed E-state index contributed by atoms with van der Waals surface area (Å²) in [5, 5.41) is 0. The third-order valence-electron chi connectivity index (χ3n) is 4.55. The highest BCUT2D eigenvalue weighted by Crippen LogP contribution is 2.33. The lowest BCUT2D eigenvalue weighted by atomic mass is 10.2. The van der Waals surface area contributed by atoms with Gasteiger partial charge in [-0.2, -0.15) is 13.2 Å². The van der Waals surface area contributed by atoms with Gasteiger partial charge in [0.1, 0.15) is 0 Å². The lowest BCUT2D eigenvalue weighted by Crippen LogP contribution is -2.31. The summed E-state index contributed by atoms with van der Waals surface area (Å²) in [4.78, 5) is 23.5. The van der Waals surface area contributed by atoms with Crippen LogP contribution in [0.3, 0.4) is 0 Å². The first-order chi connectivity index (χ1) is 15.0.